The van der Waals surface area contributed by atoms with Crippen molar-refractivity contribution in [3.8, 4) is 0 Å². The molecule has 0 saturated heterocycles. The van der Waals surface area contributed by atoms with Crippen LogP contribution in [0.2, 0.25) is 0 Å². The van der Waals surface area contributed by atoms with E-state index in [2.05, 4.69) is 4.72 Å². The van der Waals surface area contributed by atoms with E-state index in [-0.39, 0.29) is 28.7 Å². The summed E-state index contributed by atoms with van der Waals surface area (Å²) >= 11 is 0. The molecule has 0 aliphatic carbocycles. The topological polar surface area (TPSA) is 72.5 Å². The summed E-state index contributed by atoms with van der Waals surface area (Å²) in [6.45, 7) is 3.45. The summed E-state index contributed by atoms with van der Waals surface area (Å²) in [4.78, 5) is 12.1. The van der Waals surface area contributed by atoms with E-state index in [4.69, 9.17) is 4.74 Å². The van der Waals surface area contributed by atoms with Crippen molar-refractivity contribution in [3.05, 3.63) is 65.5 Å². The van der Waals surface area contributed by atoms with E-state index >= 15 is 0 Å². The smallest absolute Gasteiger partial charge is 0.338 e. The summed E-state index contributed by atoms with van der Waals surface area (Å²) in [5.74, 6) is -1.10. The van der Waals surface area contributed by atoms with E-state index < -0.39 is 21.8 Å². The van der Waals surface area contributed by atoms with Crippen LogP contribution in [0.15, 0.2) is 53.4 Å². The van der Waals surface area contributed by atoms with Crippen molar-refractivity contribution in [2.24, 2.45) is 0 Å². The number of rotatable bonds is 7. The van der Waals surface area contributed by atoms with E-state index in [0.717, 1.165) is 0 Å². The lowest BCUT2D eigenvalue weighted by atomic mass is 10.2. The molecular formula is C18H20FNO4S. The number of benzene rings is 2. The van der Waals surface area contributed by atoms with E-state index in [0.29, 0.717) is 6.42 Å². The lowest BCUT2D eigenvalue weighted by Gasteiger charge is -2.12. The fourth-order valence-corrected chi connectivity index (χ4v) is 3.36. The maximum Gasteiger partial charge on any atom is 0.338 e. The molecule has 0 fully saturated rings. The minimum absolute atomic E-state index is 0.0680. The summed E-state index contributed by atoms with van der Waals surface area (Å²) in [6, 6.07) is 11.2. The predicted molar refractivity (Wildman–Crippen MR) is 92.0 cm³/mol. The Hall–Kier alpha value is -2.25. The first-order valence-electron chi connectivity index (χ1n) is 7.86. The van der Waals surface area contributed by atoms with Crippen LogP contribution in [0.3, 0.4) is 0 Å². The van der Waals surface area contributed by atoms with Crippen LogP contribution in [0, 0.1) is 5.82 Å². The normalized spacial score (nSPS) is 12.6. The van der Waals surface area contributed by atoms with Crippen LogP contribution < -0.4 is 4.72 Å². The van der Waals surface area contributed by atoms with Crippen molar-refractivity contribution >= 4 is 16.0 Å². The third-order valence-corrected chi connectivity index (χ3v) is 5.29. The van der Waals surface area contributed by atoms with Crippen molar-refractivity contribution in [2.45, 2.75) is 37.8 Å². The Labute approximate surface area is 146 Å². The monoisotopic (exact) mass is 365 g/mol. The first-order chi connectivity index (χ1) is 11.8. The maximum absolute atomic E-state index is 13.5. The van der Waals surface area contributed by atoms with Gasteiger partial charge >= 0.3 is 5.97 Å². The van der Waals surface area contributed by atoms with Crippen molar-refractivity contribution in [3.63, 3.8) is 0 Å². The first kappa shape index (κ1) is 19.1. The molecule has 0 aliphatic heterocycles. The Morgan fingerprint density at radius 3 is 2.40 bits per heavy atom. The molecule has 0 spiro atoms. The zero-order chi connectivity index (χ0) is 18.4. The molecule has 0 heterocycles. The highest BCUT2D eigenvalue weighted by molar-refractivity contribution is 7.89. The summed E-state index contributed by atoms with van der Waals surface area (Å²) in [5.41, 5.74) is 0.464. The number of esters is 1. The number of sulfonamides is 1. The van der Waals surface area contributed by atoms with Crippen LogP contribution >= 0.6 is 0 Å². The van der Waals surface area contributed by atoms with Gasteiger partial charge < -0.3 is 4.74 Å². The third kappa shape index (κ3) is 5.11. The minimum Gasteiger partial charge on any atom is -0.457 e. The lowest BCUT2D eigenvalue weighted by molar-refractivity contribution is 0.0469. The SMILES string of the molecule is CCC(C)NS(=O)(=O)c1ccc(C(=O)OCc2ccccc2F)cc1. The molecule has 5 nitrogen and oxygen atoms in total. The molecule has 134 valence electrons. The summed E-state index contributed by atoms with van der Waals surface area (Å²) in [5, 5.41) is 0. The molecule has 0 radical (unpaired) electrons. The summed E-state index contributed by atoms with van der Waals surface area (Å²) in [6.07, 6.45) is 0.666. The summed E-state index contributed by atoms with van der Waals surface area (Å²) < 4.78 is 45.4. The van der Waals surface area contributed by atoms with E-state index in [9.17, 15) is 17.6 Å². The third-order valence-electron chi connectivity index (χ3n) is 3.69. The Morgan fingerprint density at radius 1 is 1.16 bits per heavy atom. The highest BCUT2D eigenvalue weighted by Crippen LogP contribution is 2.14. The number of halogens is 1. The second-order valence-corrected chi connectivity index (χ2v) is 7.34. The molecule has 0 aliphatic rings. The molecule has 1 atom stereocenters. The Kier molecular flexibility index (Phi) is 6.27. The van der Waals surface area contributed by atoms with Crippen molar-refractivity contribution in [2.75, 3.05) is 0 Å². The Balaban J connectivity index is 2.04. The Morgan fingerprint density at radius 2 is 1.80 bits per heavy atom. The molecule has 2 rings (SSSR count). The number of carbonyl (C=O) groups excluding carboxylic acids is 1. The van der Waals surface area contributed by atoms with E-state index in [1.807, 2.05) is 6.92 Å². The second kappa shape index (κ2) is 8.22. The van der Waals surface area contributed by atoms with Gasteiger partial charge in [0, 0.05) is 11.6 Å². The summed E-state index contributed by atoms with van der Waals surface area (Å²) in [7, 11) is -3.63. The highest BCUT2D eigenvalue weighted by atomic mass is 32.2. The number of ether oxygens (including phenoxy) is 1. The van der Waals surface area contributed by atoms with Crippen LogP contribution in [0.5, 0.6) is 0 Å². The zero-order valence-electron chi connectivity index (χ0n) is 14.0. The average molecular weight is 365 g/mol. The molecule has 0 saturated carbocycles. The van der Waals surface area contributed by atoms with Gasteiger partial charge in [-0.05, 0) is 43.7 Å². The van der Waals surface area contributed by atoms with Crippen LogP contribution in [-0.4, -0.2) is 20.4 Å². The predicted octanol–water partition coefficient (Wildman–Crippen LogP) is 3.26. The fourth-order valence-electron chi connectivity index (χ4n) is 2.03. The maximum atomic E-state index is 13.5. The van der Waals surface area contributed by atoms with Gasteiger partial charge in [0.1, 0.15) is 12.4 Å². The van der Waals surface area contributed by atoms with Gasteiger partial charge in [0.2, 0.25) is 10.0 Å². The molecule has 0 aromatic heterocycles. The quantitative estimate of drug-likeness (QED) is 0.765. The molecule has 7 heteroatoms. The molecule has 1 N–H and O–H groups in total. The van der Waals surface area contributed by atoms with Gasteiger partial charge in [0.05, 0.1) is 10.5 Å². The standard InChI is InChI=1S/C18H20FNO4S/c1-3-13(2)20-25(22,23)16-10-8-14(9-11-16)18(21)24-12-15-6-4-5-7-17(15)19/h4-11,13,20H,3,12H2,1-2H3. The molecule has 1 unspecified atom stereocenters. The second-order valence-electron chi connectivity index (χ2n) is 5.62. The van der Waals surface area contributed by atoms with Gasteiger partial charge in [0.15, 0.2) is 0 Å². The van der Waals surface area contributed by atoms with Crippen molar-refractivity contribution in [1.29, 1.82) is 0 Å². The number of hydrogen-bond acceptors (Lipinski definition) is 4. The van der Waals surface area contributed by atoms with Crippen LogP contribution in [0.1, 0.15) is 36.2 Å². The van der Waals surface area contributed by atoms with Gasteiger partial charge in [-0.2, -0.15) is 0 Å². The Bertz CT molecular complexity index is 834. The van der Waals surface area contributed by atoms with Crippen molar-refractivity contribution < 1.29 is 22.3 Å². The molecule has 0 bridgehead atoms. The number of nitrogens with one attached hydrogen (secondary N) is 1. The molecule has 25 heavy (non-hydrogen) atoms. The largest absolute Gasteiger partial charge is 0.457 e. The lowest BCUT2D eigenvalue weighted by Crippen LogP contribution is -2.32. The molecule has 2 aromatic rings. The highest BCUT2D eigenvalue weighted by Gasteiger charge is 2.17. The fraction of sp³-hybridized carbons (Fsp3) is 0.278. The van der Waals surface area contributed by atoms with E-state index in [1.54, 1.807) is 19.1 Å². The van der Waals surface area contributed by atoms with Crippen LogP contribution in [0.25, 0.3) is 0 Å². The van der Waals surface area contributed by atoms with Gasteiger partial charge in [-0.1, -0.05) is 25.1 Å². The van der Waals surface area contributed by atoms with Crippen LogP contribution in [0.4, 0.5) is 4.39 Å². The molecule has 2 aromatic carbocycles. The van der Waals surface area contributed by atoms with Crippen LogP contribution in [-0.2, 0) is 21.4 Å². The van der Waals surface area contributed by atoms with Gasteiger partial charge in [-0.15, -0.1) is 0 Å². The zero-order valence-corrected chi connectivity index (χ0v) is 14.8. The van der Waals surface area contributed by atoms with E-state index in [1.165, 1.54) is 36.4 Å². The number of carbonyl (C=O) groups is 1. The van der Waals surface area contributed by atoms with Gasteiger partial charge in [0.25, 0.3) is 0 Å². The minimum atomic E-state index is -3.63. The first-order valence-corrected chi connectivity index (χ1v) is 9.34. The van der Waals surface area contributed by atoms with Crippen molar-refractivity contribution in [1.82, 2.24) is 4.72 Å². The average Bonchev–Trinajstić information content (AvgIpc) is 2.60. The molecular weight excluding hydrogens is 345 g/mol. The number of hydrogen-bond donors (Lipinski definition) is 1. The molecule has 0 amide bonds. The van der Waals surface area contributed by atoms with Gasteiger partial charge in [-0.3, -0.25) is 0 Å². The van der Waals surface area contributed by atoms with Gasteiger partial charge in [-0.25, -0.2) is 22.3 Å².